The van der Waals surface area contributed by atoms with Crippen LogP contribution in [0.5, 0.6) is 5.75 Å². The Balaban J connectivity index is 2.17. The van der Waals surface area contributed by atoms with E-state index in [4.69, 9.17) is 4.74 Å². The molecule has 1 N–H and O–H groups in total. The van der Waals surface area contributed by atoms with E-state index in [1.807, 2.05) is 12.1 Å². The van der Waals surface area contributed by atoms with Gasteiger partial charge in [0.05, 0.1) is 11.3 Å². The second-order valence-corrected chi connectivity index (χ2v) is 6.61. The van der Waals surface area contributed by atoms with Gasteiger partial charge in [-0.15, -0.1) is 0 Å². The molecule has 0 heterocycles. The molecule has 126 valence electrons. The summed E-state index contributed by atoms with van der Waals surface area (Å²) >= 11 is 0. The molecule has 0 aliphatic heterocycles. The van der Waals surface area contributed by atoms with E-state index in [-0.39, 0.29) is 11.3 Å². The zero-order valence-electron chi connectivity index (χ0n) is 14.6. The molecule has 4 heteroatoms. The topological polar surface area (TPSA) is 55.4 Å². The van der Waals surface area contributed by atoms with Crippen molar-refractivity contribution < 1.29 is 14.3 Å². The molecule has 0 atom stereocenters. The van der Waals surface area contributed by atoms with Crippen molar-refractivity contribution in [3.05, 3.63) is 59.7 Å². The summed E-state index contributed by atoms with van der Waals surface area (Å²) in [4.78, 5) is 23.9. The van der Waals surface area contributed by atoms with Crippen molar-refractivity contribution in [3.63, 3.8) is 0 Å². The lowest BCUT2D eigenvalue weighted by molar-refractivity contribution is -0.115. The van der Waals surface area contributed by atoms with Gasteiger partial charge >= 0.3 is 5.97 Å². The first-order valence-electron chi connectivity index (χ1n) is 8.03. The zero-order chi connectivity index (χ0) is 17.7. The maximum Gasteiger partial charge on any atom is 0.343 e. The van der Waals surface area contributed by atoms with Crippen LogP contribution in [0.4, 0.5) is 5.69 Å². The maximum absolute atomic E-state index is 12.3. The van der Waals surface area contributed by atoms with Gasteiger partial charge in [-0.3, -0.25) is 4.79 Å². The molecule has 0 saturated carbocycles. The number of hydrogen-bond acceptors (Lipinski definition) is 3. The molecule has 2 aromatic rings. The third-order valence-electron chi connectivity index (χ3n) is 3.67. The number of carbonyl (C=O) groups is 2. The zero-order valence-corrected chi connectivity index (χ0v) is 14.6. The van der Waals surface area contributed by atoms with E-state index in [9.17, 15) is 9.59 Å². The van der Waals surface area contributed by atoms with Crippen molar-refractivity contribution in [1.29, 1.82) is 0 Å². The average Bonchev–Trinajstić information content (AvgIpc) is 2.55. The highest BCUT2D eigenvalue weighted by molar-refractivity contribution is 5.95. The number of anilines is 1. The quantitative estimate of drug-likeness (QED) is 0.662. The number of hydrogen-bond donors (Lipinski definition) is 1. The Bertz CT molecular complexity index is 727. The van der Waals surface area contributed by atoms with Gasteiger partial charge in [-0.25, -0.2) is 4.79 Å². The summed E-state index contributed by atoms with van der Waals surface area (Å²) in [5, 5.41) is 2.73. The van der Waals surface area contributed by atoms with Crippen molar-refractivity contribution in [2.45, 2.75) is 39.5 Å². The summed E-state index contributed by atoms with van der Waals surface area (Å²) in [6, 6.07) is 14.3. The third kappa shape index (κ3) is 4.44. The first-order valence-corrected chi connectivity index (χ1v) is 8.03. The number of amides is 1. The minimum Gasteiger partial charge on any atom is -0.421 e. The highest BCUT2D eigenvalue weighted by Gasteiger charge is 2.16. The van der Waals surface area contributed by atoms with Crippen LogP contribution in [0, 0.1) is 0 Å². The molecule has 0 fully saturated rings. The van der Waals surface area contributed by atoms with E-state index in [0.29, 0.717) is 23.4 Å². The van der Waals surface area contributed by atoms with E-state index in [2.05, 4.69) is 26.1 Å². The van der Waals surface area contributed by atoms with Gasteiger partial charge in [-0.1, -0.05) is 52.0 Å². The van der Waals surface area contributed by atoms with Gasteiger partial charge in [-0.05, 0) is 35.2 Å². The number of para-hydroxylation sites is 2. The summed E-state index contributed by atoms with van der Waals surface area (Å²) in [5.41, 5.74) is 2.14. The summed E-state index contributed by atoms with van der Waals surface area (Å²) in [5.74, 6) is -0.245. The minimum absolute atomic E-state index is 0.0273. The molecular formula is C20H23NO3. The molecule has 0 aliphatic rings. The van der Waals surface area contributed by atoms with Crippen LogP contribution in [0.2, 0.25) is 0 Å². The number of rotatable bonds is 4. The molecule has 2 rings (SSSR count). The smallest absolute Gasteiger partial charge is 0.343 e. The lowest BCUT2D eigenvalue weighted by Crippen LogP contribution is -2.14. The molecular weight excluding hydrogens is 302 g/mol. The van der Waals surface area contributed by atoms with Gasteiger partial charge < -0.3 is 10.1 Å². The predicted octanol–water partition coefficient (Wildman–Crippen LogP) is 4.55. The van der Waals surface area contributed by atoms with Crippen LogP contribution in [-0.2, 0) is 10.2 Å². The standard InChI is InChI=1S/C20H23NO3/c1-5-18(22)21-16-8-6-7-9-17(16)24-19(23)14-10-12-15(13-11-14)20(2,3)4/h6-13H,5H2,1-4H3,(H,21,22). The number of esters is 1. The second-order valence-electron chi connectivity index (χ2n) is 6.61. The molecule has 2 aromatic carbocycles. The molecule has 4 nitrogen and oxygen atoms in total. The molecule has 0 spiro atoms. The fourth-order valence-corrected chi connectivity index (χ4v) is 2.16. The highest BCUT2D eigenvalue weighted by atomic mass is 16.5. The number of nitrogens with one attached hydrogen (secondary N) is 1. The average molecular weight is 325 g/mol. The van der Waals surface area contributed by atoms with E-state index in [1.165, 1.54) is 0 Å². The monoisotopic (exact) mass is 325 g/mol. The predicted molar refractivity (Wildman–Crippen MR) is 95.5 cm³/mol. The molecule has 24 heavy (non-hydrogen) atoms. The number of ether oxygens (including phenoxy) is 1. The van der Waals surface area contributed by atoms with Gasteiger partial charge in [0.25, 0.3) is 0 Å². The largest absolute Gasteiger partial charge is 0.421 e. The lowest BCUT2D eigenvalue weighted by Gasteiger charge is -2.19. The summed E-state index contributed by atoms with van der Waals surface area (Å²) in [6.07, 6.45) is 0.358. The Hall–Kier alpha value is -2.62. The van der Waals surface area contributed by atoms with Crippen LogP contribution < -0.4 is 10.1 Å². The lowest BCUT2D eigenvalue weighted by atomic mass is 9.87. The first kappa shape index (κ1) is 17.7. The molecule has 0 saturated heterocycles. The van der Waals surface area contributed by atoms with Gasteiger partial charge in [0, 0.05) is 6.42 Å². The Morgan fingerprint density at radius 3 is 2.21 bits per heavy atom. The second kappa shape index (κ2) is 7.30. The Kier molecular flexibility index (Phi) is 5.39. The Morgan fingerprint density at radius 1 is 1.00 bits per heavy atom. The summed E-state index contributed by atoms with van der Waals surface area (Å²) in [7, 11) is 0. The maximum atomic E-state index is 12.3. The van der Waals surface area contributed by atoms with E-state index in [1.54, 1.807) is 43.3 Å². The Morgan fingerprint density at radius 2 is 1.62 bits per heavy atom. The first-order chi connectivity index (χ1) is 11.3. The van der Waals surface area contributed by atoms with E-state index in [0.717, 1.165) is 5.56 Å². The minimum atomic E-state index is -0.450. The molecule has 1 amide bonds. The van der Waals surface area contributed by atoms with Crippen molar-refractivity contribution in [2.24, 2.45) is 0 Å². The molecule has 0 radical (unpaired) electrons. The van der Waals surface area contributed by atoms with Crippen LogP contribution >= 0.6 is 0 Å². The molecule has 0 aromatic heterocycles. The van der Waals surface area contributed by atoms with Crippen LogP contribution in [0.3, 0.4) is 0 Å². The van der Waals surface area contributed by atoms with Gasteiger partial charge in [0.2, 0.25) is 5.91 Å². The SMILES string of the molecule is CCC(=O)Nc1ccccc1OC(=O)c1ccc(C(C)(C)C)cc1. The summed E-state index contributed by atoms with van der Waals surface area (Å²) < 4.78 is 5.45. The van der Waals surface area contributed by atoms with E-state index < -0.39 is 5.97 Å². The highest BCUT2D eigenvalue weighted by Crippen LogP contribution is 2.26. The number of carbonyl (C=O) groups excluding carboxylic acids is 2. The van der Waals surface area contributed by atoms with Crippen LogP contribution in [0.25, 0.3) is 0 Å². The fraction of sp³-hybridized carbons (Fsp3) is 0.300. The summed E-state index contributed by atoms with van der Waals surface area (Å²) in [6.45, 7) is 8.12. The van der Waals surface area contributed by atoms with Gasteiger partial charge in [0.15, 0.2) is 5.75 Å². The van der Waals surface area contributed by atoms with Gasteiger partial charge in [-0.2, -0.15) is 0 Å². The van der Waals surface area contributed by atoms with Gasteiger partial charge in [0.1, 0.15) is 0 Å². The fourth-order valence-electron chi connectivity index (χ4n) is 2.16. The molecule has 0 unspecified atom stereocenters. The van der Waals surface area contributed by atoms with Crippen molar-refractivity contribution >= 4 is 17.6 Å². The van der Waals surface area contributed by atoms with Crippen LogP contribution in [0.1, 0.15) is 50.0 Å². The normalized spacial score (nSPS) is 11.0. The van der Waals surface area contributed by atoms with Crippen molar-refractivity contribution in [1.82, 2.24) is 0 Å². The molecule has 0 aliphatic carbocycles. The van der Waals surface area contributed by atoms with Crippen LogP contribution in [-0.4, -0.2) is 11.9 Å². The molecule has 0 bridgehead atoms. The van der Waals surface area contributed by atoms with Crippen molar-refractivity contribution in [2.75, 3.05) is 5.32 Å². The van der Waals surface area contributed by atoms with E-state index >= 15 is 0 Å². The number of benzene rings is 2. The Labute approximate surface area is 142 Å². The third-order valence-corrected chi connectivity index (χ3v) is 3.67. The van der Waals surface area contributed by atoms with Crippen molar-refractivity contribution in [3.8, 4) is 5.75 Å². The van der Waals surface area contributed by atoms with Crippen LogP contribution in [0.15, 0.2) is 48.5 Å².